The van der Waals surface area contributed by atoms with Crippen LogP contribution in [0.15, 0.2) is 96.2 Å². The fourth-order valence-electron chi connectivity index (χ4n) is 5.29. The number of nitrogens with zero attached hydrogens (tertiary/aromatic N) is 1. The summed E-state index contributed by atoms with van der Waals surface area (Å²) in [5.74, 6) is -3.79. The third kappa shape index (κ3) is 5.99. The van der Waals surface area contributed by atoms with Gasteiger partial charge in [0, 0.05) is 23.5 Å². The molecule has 4 aromatic rings. The first-order valence-corrected chi connectivity index (χ1v) is 13.3. The molecule has 0 fully saturated rings. The lowest BCUT2D eigenvalue weighted by Crippen LogP contribution is -2.41. The van der Waals surface area contributed by atoms with E-state index in [4.69, 9.17) is 14.2 Å². The Morgan fingerprint density at radius 2 is 1.26 bits per heavy atom. The van der Waals surface area contributed by atoms with Gasteiger partial charge >= 0.3 is 5.97 Å². The molecule has 0 aromatic heterocycles. The molecule has 6 nitrogen and oxygen atoms in total. The number of halogens is 4. The van der Waals surface area contributed by atoms with Crippen LogP contribution in [-0.2, 0) is 9.53 Å². The summed E-state index contributed by atoms with van der Waals surface area (Å²) in [4.78, 5) is 15.3. The number of carbonyl (C=O) groups is 1. The van der Waals surface area contributed by atoms with Crippen molar-refractivity contribution in [2.45, 2.75) is 18.5 Å². The summed E-state index contributed by atoms with van der Waals surface area (Å²) in [6, 6.07) is 19.0. The normalized spacial score (nSPS) is 16.6. The Morgan fingerprint density at radius 1 is 0.721 bits per heavy atom. The van der Waals surface area contributed by atoms with Crippen LogP contribution in [0.2, 0.25) is 0 Å². The topological polar surface area (TPSA) is 60.0 Å². The standard InChI is InChI=1S/C33H28F4N2O4/c1-41-23-10-6-21(7-11-23)38-29-18-30(19-4-14-25(34)27(36)16-19)39(22-8-12-24(42-2)13-9-22)32(31(29)33(40)43-3)20-5-15-26(35)28(37)17-20/h4-17,30,32,38H,18H2,1-3H3/t30-,32+/m0/s1. The molecule has 0 unspecified atom stereocenters. The Labute approximate surface area is 246 Å². The third-order valence-electron chi connectivity index (χ3n) is 7.36. The molecular weight excluding hydrogens is 564 g/mol. The Kier molecular flexibility index (Phi) is 8.56. The number of methoxy groups -OCH3 is 3. The van der Waals surface area contributed by atoms with Crippen LogP contribution in [0.4, 0.5) is 28.9 Å². The number of benzene rings is 4. The zero-order valence-corrected chi connectivity index (χ0v) is 23.5. The van der Waals surface area contributed by atoms with Gasteiger partial charge in [-0.15, -0.1) is 0 Å². The highest BCUT2D eigenvalue weighted by Gasteiger charge is 2.42. The molecule has 4 aromatic carbocycles. The number of anilines is 2. The number of rotatable bonds is 8. The predicted octanol–water partition coefficient (Wildman–Crippen LogP) is 7.49. The van der Waals surface area contributed by atoms with Crippen molar-refractivity contribution >= 4 is 17.3 Å². The first-order chi connectivity index (χ1) is 20.7. The summed E-state index contributed by atoms with van der Waals surface area (Å²) in [7, 11) is 4.27. The van der Waals surface area contributed by atoms with E-state index in [1.165, 1.54) is 33.5 Å². The van der Waals surface area contributed by atoms with Crippen molar-refractivity contribution in [2.75, 3.05) is 31.5 Å². The highest BCUT2D eigenvalue weighted by molar-refractivity contribution is 5.93. The minimum atomic E-state index is -1.11. The summed E-state index contributed by atoms with van der Waals surface area (Å²) in [5, 5.41) is 3.28. The molecule has 43 heavy (non-hydrogen) atoms. The van der Waals surface area contributed by atoms with E-state index < -0.39 is 41.3 Å². The van der Waals surface area contributed by atoms with E-state index in [1.807, 2.05) is 0 Å². The van der Waals surface area contributed by atoms with E-state index in [0.717, 1.165) is 24.3 Å². The van der Waals surface area contributed by atoms with Crippen LogP contribution in [0.5, 0.6) is 11.5 Å². The molecule has 0 saturated carbocycles. The number of ether oxygens (including phenoxy) is 3. The van der Waals surface area contributed by atoms with Crippen LogP contribution in [0, 0.1) is 23.3 Å². The van der Waals surface area contributed by atoms with Crippen LogP contribution in [-0.4, -0.2) is 27.3 Å². The lowest BCUT2D eigenvalue weighted by atomic mass is 9.84. The second-order valence-corrected chi connectivity index (χ2v) is 9.81. The molecule has 222 valence electrons. The lowest BCUT2D eigenvalue weighted by Gasteiger charge is -2.46. The van der Waals surface area contributed by atoms with Crippen LogP contribution in [0.25, 0.3) is 0 Å². The summed E-state index contributed by atoms with van der Waals surface area (Å²) in [6.45, 7) is 0. The van der Waals surface area contributed by atoms with Crippen LogP contribution in [0.1, 0.15) is 29.6 Å². The molecule has 0 amide bonds. The van der Waals surface area contributed by atoms with Crippen molar-refractivity contribution in [3.05, 3.63) is 131 Å². The summed E-state index contributed by atoms with van der Waals surface area (Å²) in [5.41, 5.74) is 2.29. The number of nitrogens with one attached hydrogen (secondary N) is 1. The Morgan fingerprint density at radius 3 is 1.79 bits per heavy atom. The van der Waals surface area contributed by atoms with Gasteiger partial charge in [0.1, 0.15) is 11.5 Å². The van der Waals surface area contributed by atoms with Gasteiger partial charge in [-0.3, -0.25) is 0 Å². The maximum Gasteiger partial charge on any atom is 0.337 e. The molecule has 0 aliphatic carbocycles. The van der Waals surface area contributed by atoms with E-state index in [1.54, 1.807) is 53.4 Å². The maximum atomic E-state index is 14.7. The van der Waals surface area contributed by atoms with Crippen LogP contribution >= 0.6 is 0 Å². The molecule has 1 N–H and O–H groups in total. The SMILES string of the molecule is COC(=O)C1=C(Nc2ccc(OC)cc2)C[C@@H](c2ccc(F)c(F)c2)N(c2ccc(OC)cc2)[C@@H]1c1ccc(F)c(F)c1. The van der Waals surface area contributed by atoms with Crippen molar-refractivity contribution in [1.82, 2.24) is 0 Å². The van der Waals surface area contributed by atoms with Gasteiger partial charge in [-0.25, -0.2) is 22.4 Å². The number of hydrogen-bond acceptors (Lipinski definition) is 6. The average Bonchev–Trinajstić information content (AvgIpc) is 3.03. The van der Waals surface area contributed by atoms with Gasteiger partial charge in [0.2, 0.25) is 0 Å². The second-order valence-electron chi connectivity index (χ2n) is 9.81. The lowest BCUT2D eigenvalue weighted by molar-refractivity contribution is -0.136. The third-order valence-corrected chi connectivity index (χ3v) is 7.36. The summed E-state index contributed by atoms with van der Waals surface area (Å²) < 4.78 is 73.4. The van der Waals surface area contributed by atoms with Crippen molar-refractivity contribution in [1.29, 1.82) is 0 Å². The quantitative estimate of drug-likeness (QED) is 0.169. The van der Waals surface area contributed by atoms with E-state index >= 15 is 0 Å². The second kappa shape index (κ2) is 12.5. The molecule has 0 radical (unpaired) electrons. The molecule has 2 atom stereocenters. The Bertz CT molecular complexity index is 1660. The first kappa shape index (κ1) is 29.5. The highest BCUT2D eigenvalue weighted by Crippen LogP contribution is 2.48. The molecule has 0 spiro atoms. The van der Waals surface area contributed by atoms with Crippen molar-refractivity contribution in [3.8, 4) is 11.5 Å². The van der Waals surface area contributed by atoms with Crippen molar-refractivity contribution in [2.24, 2.45) is 0 Å². The van der Waals surface area contributed by atoms with Gasteiger partial charge in [0.25, 0.3) is 0 Å². The van der Waals surface area contributed by atoms with Crippen LogP contribution in [0.3, 0.4) is 0 Å². The van der Waals surface area contributed by atoms with Gasteiger partial charge in [-0.2, -0.15) is 0 Å². The summed E-state index contributed by atoms with van der Waals surface area (Å²) >= 11 is 0. The van der Waals surface area contributed by atoms with E-state index in [-0.39, 0.29) is 17.6 Å². The number of esters is 1. The van der Waals surface area contributed by atoms with Gasteiger partial charge in [-0.05, 0) is 83.9 Å². The molecule has 1 aliphatic heterocycles. The molecule has 10 heteroatoms. The summed E-state index contributed by atoms with van der Waals surface area (Å²) in [6.07, 6.45) is 0.105. The molecule has 1 aliphatic rings. The molecule has 5 rings (SSSR count). The van der Waals surface area contributed by atoms with E-state index in [0.29, 0.717) is 34.1 Å². The minimum Gasteiger partial charge on any atom is -0.497 e. The van der Waals surface area contributed by atoms with E-state index in [9.17, 15) is 22.4 Å². The van der Waals surface area contributed by atoms with Crippen molar-refractivity contribution in [3.63, 3.8) is 0 Å². The van der Waals surface area contributed by atoms with Gasteiger partial charge < -0.3 is 24.4 Å². The fraction of sp³-hybridized carbons (Fsp3) is 0.182. The van der Waals surface area contributed by atoms with Gasteiger partial charge in [-0.1, -0.05) is 12.1 Å². The molecule has 0 saturated heterocycles. The number of carbonyl (C=O) groups excluding carboxylic acids is 1. The molecule has 1 heterocycles. The Hall–Kier alpha value is -4.99. The Balaban J connectivity index is 1.79. The van der Waals surface area contributed by atoms with E-state index in [2.05, 4.69) is 5.32 Å². The predicted molar refractivity (Wildman–Crippen MR) is 154 cm³/mol. The maximum absolute atomic E-state index is 14.7. The van der Waals surface area contributed by atoms with Gasteiger partial charge in [0.05, 0.1) is 39.0 Å². The first-order valence-electron chi connectivity index (χ1n) is 13.3. The average molecular weight is 593 g/mol. The van der Waals surface area contributed by atoms with Crippen LogP contribution < -0.4 is 19.7 Å². The zero-order valence-electron chi connectivity index (χ0n) is 23.5. The molecular formula is C33H28F4N2O4. The molecule has 0 bridgehead atoms. The smallest absolute Gasteiger partial charge is 0.337 e. The van der Waals surface area contributed by atoms with Crippen molar-refractivity contribution < 1.29 is 36.6 Å². The number of hydrogen-bond donors (Lipinski definition) is 1. The fourth-order valence-corrected chi connectivity index (χ4v) is 5.29. The largest absolute Gasteiger partial charge is 0.497 e. The van der Waals surface area contributed by atoms with Gasteiger partial charge in [0.15, 0.2) is 23.3 Å². The minimum absolute atomic E-state index is 0.105. The monoisotopic (exact) mass is 592 g/mol. The zero-order chi connectivity index (χ0) is 30.7. The highest BCUT2D eigenvalue weighted by atomic mass is 19.2.